The Morgan fingerprint density at radius 3 is 2.54 bits per heavy atom. The van der Waals surface area contributed by atoms with Crippen LogP contribution < -0.4 is 5.32 Å². The number of nitriles is 1. The van der Waals surface area contributed by atoms with Crippen LogP contribution in [0.5, 0.6) is 0 Å². The fraction of sp³-hybridized carbons (Fsp3) is 0. The zero-order chi connectivity index (χ0) is 18.1. The van der Waals surface area contributed by atoms with E-state index in [0.29, 0.717) is 49.7 Å². The van der Waals surface area contributed by atoms with E-state index in [0.717, 1.165) is 0 Å². The van der Waals surface area contributed by atoms with Crippen molar-refractivity contribution < 1.29 is 0 Å². The first-order chi connectivity index (χ1) is 12.7. The molecule has 0 spiro atoms. The van der Waals surface area contributed by atoms with Crippen LogP contribution in [0.15, 0.2) is 48.8 Å². The van der Waals surface area contributed by atoms with Crippen LogP contribution in [0.25, 0.3) is 22.4 Å². The molecule has 3 aromatic heterocycles. The Balaban J connectivity index is 1.77. The minimum atomic E-state index is 0.485. The van der Waals surface area contributed by atoms with Crippen LogP contribution >= 0.6 is 23.2 Å². The molecule has 0 radical (unpaired) electrons. The average molecular weight is 381 g/mol. The maximum absolute atomic E-state index is 8.86. The molecule has 0 aliphatic rings. The molecule has 0 saturated carbocycles. The Labute approximate surface area is 158 Å². The van der Waals surface area contributed by atoms with E-state index in [1.165, 1.54) is 6.20 Å². The van der Waals surface area contributed by atoms with Crippen LogP contribution in [0.1, 0.15) is 5.56 Å². The van der Waals surface area contributed by atoms with E-state index >= 15 is 0 Å². The number of aromatic nitrogens is 4. The molecular weight excluding hydrogens is 371 g/mol. The standard InChI is InChI=1S/C18H10Cl2N6/c19-11-2-1-3-12(20)15(11)17-24-13-6-7-22-18(16(13)26-17)25-14-5-4-10(8-21)9-23-14/h1-7,9H,(H,24,26)(H,22,23,25). The van der Waals surface area contributed by atoms with Crippen molar-refractivity contribution >= 4 is 45.9 Å². The van der Waals surface area contributed by atoms with Gasteiger partial charge in [0.2, 0.25) is 0 Å². The molecular formula is C18H10Cl2N6. The fourth-order valence-corrected chi connectivity index (χ4v) is 3.10. The topological polar surface area (TPSA) is 90.3 Å². The maximum Gasteiger partial charge on any atom is 0.157 e. The molecule has 0 aliphatic carbocycles. The van der Waals surface area contributed by atoms with Crippen molar-refractivity contribution in [3.63, 3.8) is 0 Å². The maximum atomic E-state index is 8.86. The highest BCUT2D eigenvalue weighted by Gasteiger charge is 2.15. The molecule has 0 fully saturated rings. The smallest absolute Gasteiger partial charge is 0.157 e. The Morgan fingerprint density at radius 2 is 1.85 bits per heavy atom. The van der Waals surface area contributed by atoms with E-state index in [2.05, 4.69) is 25.3 Å². The van der Waals surface area contributed by atoms with Crippen molar-refractivity contribution in [2.75, 3.05) is 5.32 Å². The summed E-state index contributed by atoms with van der Waals surface area (Å²) in [5.74, 6) is 1.68. The number of benzene rings is 1. The summed E-state index contributed by atoms with van der Waals surface area (Å²) in [6, 6.07) is 12.5. The molecule has 0 bridgehead atoms. The molecule has 0 unspecified atom stereocenters. The summed E-state index contributed by atoms with van der Waals surface area (Å²) in [7, 11) is 0. The van der Waals surface area contributed by atoms with Gasteiger partial charge in [-0.25, -0.2) is 15.0 Å². The number of hydrogen-bond acceptors (Lipinski definition) is 5. The van der Waals surface area contributed by atoms with Gasteiger partial charge in [-0.3, -0.25) is 0 Å². The number of halogens is 2. The molecule has 4 rings (SSSR count). The van der Waals surface area contributed by atoms with Crippen LogP contribution in [0.2, 0.25) is 10.0 Å². The fourth-order valence-electron chi connectivity index (χ4n) is 2.53. The first-order valence-corrected chi connectivity index (χ1v) is 8.33. The summed E-state index contributed by atoms with van der Waals surface area (Å²) in [5, 5.41) is 13.0. The number of rotatable bonds is 3. The van der Waals surface area contributed by atoms with Crippen molar-refractivity contribution in [3.8, 4) is 17.5 Å². The summed E-state index contributed by atoms with van der Waals surface area (Å²) in [4.78, 5) is 16.3. The molecule has 26 heavy (non-hydrogen) atoms. The zero-order valence-electron chi connectivity index (χ0n) is 13.2. The third-order valence-electron chi connectivity index (χ3n) is 3.74. The van der Waals surface area contributed by atoms with Gasteiger partial charge in [-0.1, -0.05) is 29.3 Å². The van der Waals surface area contributed by atoms with Crippen molar-refractivity contribution in [2.24, 2.45) is 0 Å². The van der Waals surface area contributed by atoms with Crippen molar-refractivity contribution in [3.05, 3.63) is 64.4 Å². The number of aromatic amines is 1. The van der Waals surface area contributed by atoms with Gasteiger partial charge in [-0.05, 0) is 30.3 Å². The molecule has 3 heterocycles. The molecule has 2 N–H and O–H groups in total. The second-order valence-corrected chi connectivity index (χ2v) is 6.22. The number of fused-ring (bicyclic) bond motifs is 1. The van der Waals surface area contributed by atoms with E-state index in [4.69, 9.17) is 28.5 Å². The Hall–Kier alpha value is -3.14. The molecule has 0 aliphatic heterocycles. The monoisotopic (exact) mass is 380 g/mol. The van der Waals surface area contributed by atoms with E-state index in [-0.39, 0.29) is 0 Å². The summed E-state index contributed by atoms with van der Waals surface area (Å²) in [5.41, 5.74) is 2.53. The highest BCUT2D eigenvalue weighted by atomic mass is 35.5. The van der Waals surface area contributed by atoms with E-state index in [1.807, 2.05) is 6.07 Å². The molecule has 8 heteroatoms. The van der Waals surface area contributed by atoms with E-state index < -0.39 is 0 Å². The van der Waals surface area contributed by atoms with Crippen molar-refractivity contribution in [1.29, 1.82) is 5.26 Å². The van der Waals surface area contributed by atoms with Crippen LogP contribution in [0, 0.1) is 11.3 Å². The van der Waals surface area contributed by atoms with Gasteiger partial charge < -0.3 is 10.3 Å². The van der Waals surface area contributed by atoms with Crippen LogP contribution in [-0.4, -0.2) is 19.9 Å². The van der Waals surface area contributed by atoms with Gasteiger partial charge in [0, 0.05) is 12.4 Å². The van der Waals surface area contributed by atoms with E-state index in [1.54, 1.807) is 42.6 Å². The van der Waals surface area contributed by atoms with Gasteiger partial charge in [0.15, 0.2) is 5.82 Å². The molecule has 126 valence electrons. The second kappa shape index (κ2) is 6.64. The van der Waals surface area contributed by atoms with Gasteiger partial charge in [0.25, 0.3) is 0 Å². The lowest BCUT2D eigenvalue weighted by atomic mass is 10.2. The van der Waals surface area contributed by atoms with Crippen molar-refractivity contribution in [2.45, 2.75) is 0 Å². The van der Waals surface area contributed by atoms with E-state index in [9.17, 15) is 0 Å². The normalized spacial score (nSPS) is 10.7. The van der Waals surface area contributed by atoms with Gasteiger partial charge in [-0.15, -0.1) is 0 Å². The number of pyridine rings is 2. The third-order valence-corrected chi connectivity index (χ3v) is 4.37. The number of H-pyrrole nitrogens is 1. The molecule has 1 aromatic carbocycles. The Morgan fingerprint density at radius 1 is 1.04 bits per heavy atom. The van der Waals surface area contributed by atoms with Gasteiger partial charge in [0.05, 0.1) is 26.7 Å². The van der Waals surface area contributed by atoms with Crippen molar-refractivity contribution in [1.82, 2.24) is 19.9 Å². The first kappa shape index (κ1) is 16.3. The summed E-state index contributed by atoms with van der Waals surface area (Å²) >= 11 is 12.6. The number of anilines is 2. The second-order valence-electron chi connectivity index (χ2n) is 5.40. The predicted octanol–water partition coefficient (Wildman–Crippen LogP) is 4.94. The SMILES string of the molecule is N#Cc1ccc(Nc2nccc3nc(-c4c(Cl)cccc4Cl)[nH]c23)nc1. The highest BCUT2D eigenvalue weighted by molar-refractivity contribution is 6.39. The molecule has 0 saturated heterocycles. The Bertz CT molecular complexity index is 1120. The van der Waals surface area contributed by atoms with Crippen LogP contribution in [0.4, 0.5) is 11.6 Å². The number of nitrogens with zero attached hydrogens (tertiary/aromatic N) is 4. The molecule has 0 atom stereocenters. The van der Waals surface area contributed by atoms with Gasteiger partial charge in [-0.2, -0.15) is 5.26 Å². The molecule has 0 amide bonds. The van der Waals surface area contributed by atoms with Crippen LogP contribution in [-0.2, 0) is 0 Å². The Kier molecular flexibility index (Phi) is 4.17. The minimum Gasteiger partial charge on any atom is -0.335 e. The average Bonchev–Trinajstić information content (AvgIpc) is 3.07. The summed E-state index contributed by atoms with van der Waals surface area (Å²) in [6.07, 6.45) is 3.14. The quantitative estimate of drug-likeness (QED) is 0.525. The lowest BCUT2D eigenvalue weighted by Crippen LogP contribution is -1.96. The lowest BCUT2D eigenvalue weighted by molar-refractivity contribution is 1.25. The summed E-state index contributed by atoms with van der Waals surface area (Å²) in [6.45, 7) is 0. The largest absolute Gasteiger partial charge is 0.335 e. The number of imidazole rings is 1. The van der Waals surface area contributed by atoms with Crippen LogP contribution in [0.3, 0.4) is 0 Å². The predicted molar refractivity (Wildman–Crippen MR) is 102 cm³/mol. The lowest BCUT2D eigenvalue weighted by Gasteiger charge is -2.05. The first-order valence-electron chi connectivity index (χ1n) is 7.58. The highest BCUT2D eigenvalue weighted by Crippen LogP contribution is 2.34. The number of nitrogens with one attached hydrogen (secondary N) is 2. The number of hydrogen-bond donors (Lipinski definition) is 2. The van der Waals surface area contributed by atoms with Gasteiger partial charge >= 0.3 is 0 Å². The molecule has 4 aromatic rings. The minimum absolute atomic E-state index is 0.485. The summed E-state index contributed by atoms with van der Waals surface area (Å²) < 4.78 is 0. The third kappa shape index (κ3) is 2.94. The zero-order valence-corrected chi connectivity index (χ0v) is 14.7. The molecule has 6 nitrogen and oxygen atoms in total. The van der Waals surface area contributed by atoms with Gasteiger partial charge in [0.1, 0.15) is 23.2 Å².